The number of aromatic nitrogens is 2. The van der Waals surface area contributed by atoms with Gasteiger partial charge in [-0.05, 0) is 55.5 Å². The van der Waals surface area contributed by atoms with Crippen LogP contribution in [-0.2, 0) is 6.54 Å². The maximum Gasteiger partial charge on any atom is 0.139 e. The molecule has 4 rings (SSSR count). The number of nitrogens with zero attached hydrogens (tertiary/aromatic N) is 3. The molecular weight excluding hydrogens is 438 g/mol. The summed E-state index contributed by atoms with van der Waals surface area (Å²) in [6, 6.07) is 19.1. The van der Waals surface area contributed by atoms with Crippen LogP contribution in [0.1, 0.15) is 26.3 Å². The van der Waals surface area contributed by atoms with Crippen molar-refractivity contribution in [1.29, 1.82) is 0 Å². The first kappa shape index (κ1) is 25.0. The Morgan fingerprint density at radius 1 is 0.944 bits per heavy atom. The van der Waals surface area contributed by atoms with Crippen LogP contribution in [-0.4, -0.2) is 16.8 Å². The molecule has 0 N–H and O–H groups in total. The van der Waals surface area contributed by atoms with E-state index in [-0.39, 0.29) is 0 Å². The predicted octanol–water partition coefficient (Wildman–Crippen LogP) is 8.44. The Labute approximate surface area is 215 Å². The summed E-state index contributed by atoms with van der Waals surface area (Å²) in [4.78, 5) is 2.27. The van der Waals surface area contributed by atoms with E-state index in [4.69, 9.17) is 5.10 Å². The molecule has 2 aromatic carbocycles. The molecule has 0 bridgehead atoms. The van der Waals surface area contributed by atoms with Crippen LogP contribution in [0.4, 0.5) is 5.82 Å². The molecule has 0 aliphatic carbocycles. The molecule has 0 amide bonds. The van der Waals surface area contributed by atoms with Crippen LogP contribution in [0.3, 0.4) is 0 Å². The van der Waals surface area contributed by atoms with Crippen molar-refractivity contribution in [2.24, 2.45) is 0 Å². The molecule has 3 nitrogen and oxygen atoms in total. The van der Waals surface area contributed by atoms with Crippen LogP contribution in [0.15, 0.2) is 126 Å². The summed E-state index contributed by atoms with van der Waals surface area (Å²) in [5.41, 5.74) is 10.3. The highest BCUT2D eigenvalue weighted by molar-refractivity contribution is 5.91. The standard InChI is InChI=1S/C33H35N3/c1-7-9-17-27(24(3)15-8-2)21-22-29-23-36-33(35(6)26(29)5)31(28-18-11-10-12-19-28)32(34-36)30-20-14-13-16-25(30)4/h7-22H,3,23H2,1-2,4-6H3/b9-7-,15-8-,22-21+,27-17-. The minimum atomic E-state index is 0.709. The normalized spacial score (nSPS) is 14.5. The third-order valence-corrected chi connectivity index (χ3v) is 6.66. The molecule has 36 heavy (non-hydrogen) atoms. The third-order valence-electron chi connectivity index (χ3n) is 6.66. The fourth-order valence-electron chi connectivity index (χ4n) is 4.58. The van der Waals surface area contributed by atoms with Crippen LogP contribution in [0.5, 0.6) is 0 Å². The highest BCUT2D eigenvalue weighted by atomic mass is 15.4. The van der Waals surface area contributed by atoms with Gasteiger partial charge in [0.2, 0.25) is 0 Å². The minimum Gasteiger partial charge on any atom is -0.333 e. The molecule has 3 heteroatoms. The molecule has 0 saturated heterocycles. The minimum absolute atomic E-state index is 0.709. The number of fused-ring (bicyclic) bond motifs is 1. The summed E-state index contributed by atoms with van der Waals surface area (Å²) < 4.78 is 2.15. The average molecular weight is 474 g/mol. The first-order valence-corrected chi connectivity index (χ1v) is 12.4. The lowest BCUT2D eigenvalue weighted by Crippen LogP contribution is -2.26. The van der Waals surface area contributed by atoms with Crippen LogP contribution in [0.25, 0.3) is 22.4 Å². The lowest BCUT2D eigenvalue weighted by atomic mass is 9.97. The second-order valence-electron chi connectivity index (χ2n) is 9.06. The maximum atomic E-state index is 5.19. The van der Waals surface area contributed by atoms with Gasteiger partial charge in [-0.15, -0.1) is 0 Å². The van der Waals surface area contributed by atoms with Gasteiger partial charge in [0.1, 0.15) is 11.5 Å². The molecule has 2 heterocycles. The summed E-state index contributed by atoms with van der Waals surface area (Å²) in [6.07, 6.45) is 14.6. The largest absolute Gasteiger partial charge is 0.333 e. The van der Waals surface area contributed by atoms with Crippen molar-refractivity contribution in [3.05, 3.63) is 132 Å². The average Bonchev–Trinajstić information content (AvgIpc) is 3.27. The quantitative estimate of drug-likeness (QED) is 0.321. The van der Waals surface area contributed by atoms with Gasteiger partial charge in [-0.3, -0.25) is 0 Å². The number of benzene rings is 2. The second kappa shape index (κ2) is 11.1. The molecule has 1 aliphatic rings. The number of allylic oxidation sites excluding steroid dienone is 11. The van der Waals surface area contributed by atoms with Crippen LogP contribution in [0, 0.1) is 6.92 Å². The maximum absolute atomic E-state index is 5.19. The van der Waals surface area contributed by atoms with Gasteiger partial charge in [0.05, 0.1) is 12.1 Å². The van der Waals surface area contributed by atoms with Crippen LogP contribution in [0.2, 0.25) is 0 Å². The topological polar surface area (TPSA) is 21.1 Å². The SMILES string of the molecule is C=C(/C=C\C)C(=C\C=C/C)/C=C/C1=C(C)N(C)c2c(-c3ccccc3)c(-c3ccccc3C)nn2C1. The van der Waals surface area contributed by atoms with E-state index >= 15 is 0 Å². The monoisotopic (exact) mass is 473 g/mol. The van der Waals surface area contributed by atoms with Crippen LogP contribution < -0.4 is 4.90 Å². The zero-order valence-electron chi connectivity index (χ0n) is 22.0. The van der Waals surface area contributed by atoms with E-state index in [0.717, 1.165) is 22.7 Å². The van der Waals surface area contributed by atoms with Crippen molar-refractivity contribution in [3.63, 3.8) is 0 Å². The van der Waals surface area contributed by atoms with Gasteiger partial charge < -0.3 is 4.90 Å². The molecule has 3 aromatic rings. The van der Waals surface area contributed by atoms with Crippen molar-refractivity contribution >= 4 is 5.82 Å². The van der Waals surface area contributed by atoms with Gasteiger partial charge in [-0.1, -0.05) is 104 Å². The van der Waals surface area contributed by atoms with Gasteiger partial charge in [0.25, 0.3) is 0 Å². The highest BCUT2D eigenvalue weighted by Gasteiger charge is 2.28. The Hall–Kier alpha value is -4.11. The van der Waals surface area contributed by atoms with E-state index in [1.54, 1.807) is 0 Å². The van der Waals surface area contributed by atoms with Crippen molar-refractivity contribution in [2.45, 2.75) is 34.2 Å². The Bertz CT molecular complexity index is 1410. The van der Waals surface area contributed by atoms with Gasteiger partial charge in [0.15, 0.2) is 0 Å². The second-order valence-corrected chi connectivity index (χ2v) is 9.06. The number of hydrogen-bond donors (Lipinski definition) is 0. The summed E-state index contributed by atoms with van der Waals surface area (Å²) in [7, 11) is 2.14. The molecule has 0 spiro atoms. The molecule has 0 unspecified atom stereocenters. The Morgan fingerprint density at radius 2 is 1.67 bits per heavy atom. The zero-order chi connectivity index (χ0) is 25.7. The van der Waals surface area contributed by atoms with Crippen LogP contribution >= 0.6 is 0 Å². The van der Waals surface area contributed by atoms with E-state index in [1.807, 2.05) is 32.1 Å². The summed E-state index contributed by atoms with van der Waals surface area (Å²) in [5, 5.41) is 5.19. The third kappa shape index (κ3) is 4.96. The molecule has 0 radical (unpaired) electrons. The Morgan fingerprint density at radius 3 is 2.36 bits per heavy atom. The van der Waals surface area contributed by atoms with Crippen molar-refractivity contribution in [3.8, 4) is 22.4 Å². The predicted molar refractivity (Wildman–Crippen MR) is 155 cm³/mol. The first-order chi connectivity index (χ1) is 17.5. The highest BCUT2D eigenvalue weighted by Crippen LogP contribution is 2.43. The fraction of sp³-hybridized carbons (Fsp3) is 0.182. The van der Waals surface area contributed by atoms with E-state index in [9.17, 15) is 0 Å². The van der Waals surface area contributed by atoms with E-state index in [1.165, 1.54) is 33.5 Å². The van der Waals surface area contributed by atoms with Gasteiger partial charge >= 0.3 is 0 Å². The van der Waals surface area contributed by atoms with Crippen molar-refractivity contribution < 1.29 is 0 Å². The van der Waals surface area contributed by atoms with E-state index in [0.29, 0.717) is 6.54 Å². The number of hydrogen-bond acceptors (Lipinski definition) is 2. The molecule has 0 atom stereocenters. The molecule has 0 saturated carbocycles. The molecule has 0 fully saturated rings. The van der Waals surface area contributed by atoms with Crippen molar-refractivity contribution in [1.82, 2.24) is 9.78 Å². The Balaban J connectivity index is 1.82. The summed E-state index contributed by atoms with van der Waals surface area (Å²) >= 11 is 0. The van der Waals surface area contributed by atoms with E-state index in [2.05, 4.69) is 116 Å². The number of anilines is 1. The summed E-state index contributed by atoms with van der Waals surface area (Å²) in [6.45, 7) is 13.3. The Kier molecular flexibility index (Phi) is 7.70. The van der Waals surface area contributed by atoms with Crippen molar-refractivity contribution in [2.75, 3.05) is 11.9 Å². The van der Waals surface area contributed by atoms with Gasteiger partial charge in [-0.25, -0.2) is 4.68 Å². The van der Waals surface area contributed by atoms with Gasteiger partial charge in [-0.2, -0.15) is 5.10 Å². The van der Waals surface area contributed by atoms with E-state index < -0.39 is 0 Å². The summed E-state index contributed by atoms with van der Waals surface area (Å²) in [5.74, 6) is 1.12. The molecule has 1 aromatic heterocycles. The first-order valence-electron chi connectivity index (χ1n) is 12.4. The molecule has 182 valence electrons. The molecule has 1 aliphatic heterocycles. The smallest absolute Gasteiger partial charge is 0.139 e. The lowest BCUT2D eigenvalue weighted by molar-refractivity contribution is 0.653. The van der Waals surface area contributed by atoms with Gasteiger partial charge in [0, 0.05) is 18.3 Å². The lowest BCUT2D eigenvalue weighted by Gasteiger charge is -2.29. The number of rotatable bonds is 7. The number of aryl methyl sites for hydroxylation is 1. The zero-order valence-corrected chi connectivity index (χ0v) is 22.0. The fourth-order valence-corrected chi connectivity index (χ4v) is 4.58. The molecular formula is C33H35N3.